The number of rotatable bonds is 4. The van der Waals surface area contributed by atoms with Gasteiger partial charge in [-0.1, -0.05) is 41.4 Å². The van der Waals surface area contributed by atoms with Crippen LogP contribution >= 0.6 is 11.6 Å². The summed E-state index contributed by atoms with van der Waals surface area (Å²) in [4.78, 5) is 9.14. The molecule has 134 valence electrons. The van der Waals surface area contributed by atoms with E-state index in [2.05, 4.69) is 20.6 Å². The summed E-state index contributed by atoms with van der Waals surface area (Å²) in [6.45, 7) is 2.04. The summed E-state index contributed by atoms with van der Waals surface area (Å²) in [5.41, 5.74) is 3.35. The van der Waals surface area contributed by atoms with E-state index >= 15 is 0 Å². The van der Waals surface area contributed by atoms with Crippen LogP contribution in [0.15, 0.2) is 66.7 Å². The largest absolute Gasteiger partial charge is 0.506 e. The highest BCUT2D eigenvalue weighted by Gasteiger charge is 2.10. The van der Waals surface area contributed by atoms with Crippen molar-refractivity contribution < 1.29 is 5.11 Å². The molecule has 0 amide bonds. The Kier molecular flexibility index (Phi) is 4.52. The van der Waals surface area contributed by atoms with Crippen LogP contribution in [-0.2, 0) is 0 Å². The number of para-hydroxylation sites is 1. The van der Waals surface area contributed by atoms with Crippen LogP contribution < -0.4 is 10.6 Å². The number of aryl methyl sites for hydroxylation is 1. The maximum atomic E-state index is 10.0. The zero-order valence-electron chi connectivity index (χ0n) is 14.6. The number of nitrogens with one attached hydrogen (secondary N) is 2. The standard InChI is InChI=1S/C21H17ClN4O/c1-13-6-9-15(10-7-13)23-20-16-4-2-3-5-17(16)24-21(26-20)25-18-12-14(22)8-11-19(18)27/h2-12,27H,1H3,(H2,23,24,25,26). The van der Waals surface area contributed by atoms with E-state index in [0.29, 0.717) is 22.5 Å². The molecule has 6 heteroatoms. The first-order chi connectivity index (χ1) is 13.1. The quantitative estimate of drug-likeness (QED) is 0.393. The molecule has 0 bridgehead atoms. The predicted octanol–water partition coefficient (Wildman–Crippen LogP) is 5.78. The summed E-state index contributed by atoms with van der Waals surface area (Å²) in [5, 5.41) is 17.8. The van der Waals surface area contributed by atoms with Gasteiger partial charge in [-0.2, -0.15) is 4.98 Å². The maximum absolute atomic E-state index is 10.0. The molecule has 0 radical (unpaired) electrons. The summed E-state index contributed by atoms with van der Waals surface area (Å²) in [7, 11) is 0. The molecule has 0 saturated heterocycles. The average Bonchev–Trinajstić information content (AvgIpc) is 2.66. The van der Waals surface area contributed by atoms with Crippen LogP contribution in [0.25, 0.3) is 10.9 Å². The van der Waals surface area contributed by atoms with E-state index in [1.807, 2.05) is 55.5 Å². The van der Waals surface area contributed by atoms with Gasteiger partial charge in [0.1, 0.15) is 11.6 Å². The Morgan fingerprint density at radius 2 is 1.67 bits per heavy atom. The Balaban J connectivity index is 1.76. The number of phenolic OH excluding ortho intramolecular Hbond substituents is 1. The van der Waals surface area contributed by atoms with Gasteiger partial charge < -0.3 is 15.7 Å². The number of fused-ring (bicyclic) bond motifs is 1. The molecule has 0 aliphatic carbocycles. The van der Waals surface area contributed by atoms with Gasteiger partial charge in [0.05, 0.1) is 11.2 Å². The minimum absolute atomic E-state index is 0.0733. The Morgan fingerprint density at radius 1 is 0.889 bits per heavy atom. The lowest BCUT2D eigenvalue weighted by Crippen LogP contribution is -2.02. The van der Waals surface area contributed by atoms with Crippen molar-refractivity contribution in [3.8, 4) is 5.75 Å². The highest BCUT2D eigenvalue weighted by atomic mass is 35.5. The van der Waals surface area contributed by atoms with Crippen LogP contribution in [0.3, 0.4) is 0 Å². The average molecular weight is 377 g/mol. The van der Waals surface area contributed by atoms with Crippen LogP contribution in [-0.4, -0.2) is 15.1 Å². The molecule has 0 aliphatic heterocycles. The summed E-state index contributed by atoms with van der Waals surface area (Å²) >= 11 is 6.03. The van der Waals surface area contributed by atoms with Crippen molar-refractivity contribution in [1.82, 2.24) is 9.97 Å². The molecule has 5 nitrogen and oxygen atoms in total. The zero-order valence-corrected chi connectivity index (χ0v) is 15.3. The molecule has 0 unspecified atom stereocenters. The lowest BCUT2D eigenvalue weighted by molar-refractivity contribution is 0.477. The normalized spacial score (nSPS) is 10.7. The van der Waals surface area contributed by atoms with E-state index in [4.69, 9.17) is 11.6 Å². The maximum Gasteiger partial charge on any atom is 0.229 e. The molecule has 3 aromatic carbocycles. The number of benzene rings is 3. The molecule has 0 saturated carbocycles. The first-order valence-electron chi connectivity index (χ1n) is 8.44. The summed E-state index contributed by atoms with van der Waals surface area (Å²) in [6.07, 6.45) is 0. The van der Waals surface area contributed by atoms with E-state index < -0.39 is 0 Å². The number of hydrogen-bond acceptors (Lipinski definition) is 5. The third kappa shape index (κ3) is 3.78. The number of anilines is 4. The van der Waals surface area contributed by atoms with E-state index in [0.717, 1.165) is 16.6 Å². The summed E-state index contributed by atoms with van der Waals surface area (Å²) in [6, 6.07) is 20.6. The molecule has 0 aliphatic rings. The van der Waals surface area contributed by atoms with Crippen LogP contribution in [0.1, 0.15) is 5.56 Å². The lowest BCUT2D eigenvalue weighted by atomic mass is 10.2. The van der Waals surface area contributed by atoms with Crippen molar-refractivity contribution in [1.29, 1.82) is 0 Å². The molecule has 1 heterocycles. The molecule has 1 aromatic heterocycles. The van der Waals surface area contributed by atoms with Crippen LogP contribution in [0.5, 0.6) is 5.75 Å². The third-order valence-electron chi connectivity index (χ3n) is 4.12. The van der Waals surface area contributed by atoms with E-state index in [1.165, 1.54) is 11.6 Å². The van der Waals surface area contributed by atoms with Gasteiger partial charge in [-0.15, -0.1) is 0 Å². The Labute approximate surface area is 161 Å². The molecule has 4 aromatic rings. The molecular formula is C21H17ClN4O. The van der Waals surface area contributed by atoms with Crippen LogP contribution in [0.2, 0.25) is 5.02 Å². The van der Waals surface area contributed by atoms with Crippen molar-refractivity contribution in [2.45, 2.75) is 6.92 Å². The number of aromatic hydroxyl groups is 1. The number of halogens is 1. The van der Waals surface area contributed by atoms with Gasteiger partial charge >= 0.3 is 0 Å². The summed E-state index contributed by atoms with van der Waals surface area (Å²) < 4.78 is 0. The Hall–Kier alpha value is -3.31. The number of aromatic nitrogens is 2. The van der Waals surface area contributed by atoms with Crippen molar-refractivity contribution >= 4 is 45.6 Å². The van der Waals surface area contributed by atoms with Gasteiger partial charge in [0.2, 0.25) is 5.95 Å². The fourth-order valence-corrected chi connectivity index (χ4v) is 2.90. The predicted molar refractivity (Wildman–Crippen MR) is 110 cm³/mol. The molecule has 4 rings (SSSR count). The zero-order chi connectivity index (χ0) is 18.8. The fourth-order valence-electron chi connectivity index (χ4n) is 2.73. The van der Waals surface area contributed by atoms with Gasteiger partial charge in [0.25, 0.3) is 0 Å². The van der Waals surface area contributed by atoms with E-state index in [1.54, 1.807) is 12.1 Å². The number of hydrogen-bond donors (Lipinski definition) is 3. The van der Waals surface area contributed by atoms with Crippen LogP contribution in [0.4, 0.5) is 23.1 Å². The Morgan fingerprint density at radius 3 is 2.48 bits per heavy atom. The first kappa shape index (κ1) is 17.1. The van der Waals surface area contributed by atoms with E-state index in [9.17, 15) is 5.11 Å². The van der Waals surface area contributed by atoms with E-state index in [-0.39, 0.29) is 5.75 Å². The molecule has 0 fully saturated rings. The monoisotopic (exact) mass is 376 g/mol. The van der Waals surface area contributed by atoms with Gasteiger partial charge in [-0.3, -0.25) is 0 Å². The number of phenols is 1. The smallest absolute Gasteiger partial charge is 0.229 e. The summed E-state index contributed by atoms with van der Waals surface area (Å²) in [5.74, 6) is 1.11. The lowest BCUT2D eigenvalue weighted by Gasteiger charge is -2.13. The van der Waals surface area contributed by atoms with Crippen molar-refractivity contribution in [2.75, 3.05) is 10.6 Å². The topological polar surface area (TPSA) is 70.1 Å². The second-order valence-electron chi connectivity index (χ2n) is 6.19. The Bertz CT molecular complexity index is 1110. The SMILES string of the molecule is Cc1ccc(Nc2nc(Nc3cc(Cl)ccc3O)nc3ccccc23)cc1. The minimum atomic E-state index is 0.0733. The second-order valence-corrected chi connectivity index (χ2v) is 6.63. The molecular weight excluding hydrogens is 360 g/mol. The van der Waals surface area contributed by atoms with Gasteiger partial charge in [-0.05, 0) is 49.4 Å². The molecule has 0 spiro atoms. The van der Waals surface area contributed by atoms with Crippen molar-refractivity contribution in [2.24, 2.45) is 0 Å². The molecule has 0 atom stereocenters. The highest BCUT2D eigenvalue weighted by Crippen LogP contribution is 2.31. The first-order valence-corrected chi connectivity index (χ1v) is 8.82. The number of nitrogens with zero attached hydrogens (tertiary/aromatic N) is 2. The third-order valence-corrected chi connectivity index (χ3v) is 4.36. The van der Waals surface area contributed by atoms with Crippen LogP contribution in [0, 0.1) is 6.92 Å². The second kappa shape index (κ2) is 7.13. The van der Waals surface area contributed by atoms with Gasteiger partial charge in [0, 0.05) is 16.1 Å². The van der Waals surface area contributed by atoms with Crippen molar-refractivity contribution in [3.63, 3.8) is 0 Å². The highest BCUT2D eigenvalue weighted by molar-refractivity contribution is 6.31. The molecule has 27 heavy (non-hydrogen) atoms. The minimum Gasteiger partial charge on any atom is -0.506 e. The van der Waals surface area contributed by atoms with Crippen molar-refractivity contribution in [3.05, 3.63) is 77.3 Å². The van der Waals surface area contributed by atoms with Gasteiger partial charge in [-0.25, -0.2) is 4.98 Å². The fraction of sp³-hybridized carbons (Fsp3) is 0.0476. The molecule has 3 N–H and O–H groups in total. The van der Waals surface area contributed by atoms with Gasteiger partial charge in [0.15, 0.2) is 0 Å².